The predicted octanol–water partition coefficient (Wildman–Crippen LogP) is 8.65. The SMILES string of the molecule is C=C(c1ccccc1)c1ccc([Si](C)(C)CCCCCCCCCCCC)s1. The van der Waals surface area contributed by atoms with Crippen molar-refractivity contribution in [1.82, 2.24) is 0 Å². The minimum atomic E-state index is -1.32. The molecule has 0 spiro atoms. The summed E-state index contributed by atoms with van der Waals surface area (Å²) in [5.74, 6) is 0. The van der Waals surface area contributed by atoms with Gasteiger partial charge in [-0.25, -0.2) is 0 Å². The maximum Gasteiger partial charge on any atom is 0.0934 e. The van der Waals surface area contributed by atoms with Crippen molar-refractivity contribution in [3.05, 3.63) is 59.5 Å². The zero-order valence-corrected chi connectivity index (χ0v) is 20.3. The summed E-state index contributed by atoms with van der Waals surface area (Å²) in [6.07, 6.45) is 14.2. The van der Waals surface area contributed by atoms with Gasteiger partial charge in [-0.15, -0.1) is 11.3 Å². The lowest BCUT2D eigenvalue weighted by molar-refractivity contribution is 0.561. The Balaban J connectivity index is 1.70. The largest absolute Gasteiger partial charge is 0.145 e. The topological polar surface area (TPSA) is 0 Å². The molecule has 1 aromatic carbocycles. The molecule has 1 aromatic heterocycles. The van der Waals surface area contributed by atoms with Gasteiger partial charge in [-0.3, -0.25) is 0 Å². The van der Waals surface area contributed by atoms with E-state index in [1.807, 2.05) is 11.3 Å². The molecule has 2 heteroatoms. The van der Waals surface area contributed by atoms with E-state index in [1.165, 1.54) is 86.3 Å². The monoisotopic (exact) mass is 412 g/mol. The summed E-state index contributed by atoms with van der Waals surface area (Å²) in [6.45, 7) is 11.7. The highest BCUT2D eigenvalue weighted by Gasteiger charge is 2.25. The van der Waals surface area contributed by atoms with Crippen LogP contribution in [0.1, 0.15) is 81.6 Å². The van der Waals surface area contributed by atoms with Gasteiger partial charge in [0.05, 0.1) is 8.07 Å². The predicted molar refractivity (Wildman–Crippen MR) is 133 cm³/mol. The van der Waals surface area contributed by atoms with Gasteiger partial charge in [0.15, 0.2) is 0 Å². The van der Waals surface area contributed by atoms with E-state index in [4.69, 9.17) is 0 Å². The van der Waals surface area contributed by atoms with Crippen LogP contribution in [0.4, 0.5) is 0 Å². The summed E-state index contributed by atoms with van der Waals surface area (Å²) in [6, 6.07) is 16.7. The van der Waals surface area contributed by atoms with Crippen molar-refractivity contribution in [2.45, 2.75) is 90.3 Å². The first kappa shape index (κ1) is 23.2. The summed E-state index contributed by atoms with van der Waals surface area (Å²) in [5.41, 5.74) is 2.41. The number of unbranched alkanes of at least 4 members (excludes halogenated alkanes) is 9. The normalized spacial score (nSPS) is 11.7. The highest BCUT2D eigenvalue weighted by atomic mass is 32.1. The molecule has 0 fully saturated rings. The summed E-state index contributed by atoms with van der Waals surface area (Å²) < 4.78 is 1.63. The Bertz CT molecular complexity index is 683. The number of rotatable bonds is 14. The molecule has 28 heavy (non-hydrogen) atoms. The van der Waals surface area contributed by atoms with Gasteiger partial charge in [0.1, 0.15) is 0 Å². The minimum absolute atomic E-state index is 1.17. The second-order valence-corrected chi connectivity index (χ2v) is 15.1. The van der Waals surface area contributed by atoms with Gasteiger partial charge in [0, 0.05) is 4.88 Å². The number of hydrogen-bond acceptors (Lipinski definition) is 1. The molecule has 1 heterocycles. The molecule has 2 rings (SSSR count). The van der Waals surface area contributed by atoms with Crippen molar-refractivity contribution >= 4 is 29.5 Å². The molecule has 0 atom stereocenters. The third kappa shape index (κ3) is 7.71. The minimum Gasteiger partial charge on any atom is -0.145 e. The standard InChI is InChI=1S/C26H40SSi/c1-5-6-7-8-9-10-11-12-13-17-22-28(3,4)26-21-20-25(27-26)23(2)24-18-15-14-16-19-24/h14-16,18-21H,2,5-13,17,22H2,1,3-4H3. The van der Waals surface area contributed by atoms with E-state index in [0.717, 1.165) is 0 Å². The Labute approximate surface area is 179 Å². The molecular weight excluding hydrogens is 372 g/mol. The Hall–Kier alpha value is -1.12. The second kappa shape index (κ2) is 12.4. The molecule has 0 saturated heterocycles. The fourth-order valence-electron chi connectivity index (χ4n) is 3.82. The number of benzene rings is 1. The van der Waals surface area contributed by atoms with Crippen molar-refractivity contribution in [2.24, 2.45) is 0 Å². The van der Waals surface area contributed by atoms with Gasteiger partial charge in [-0.05, 0) is 21.7 Å². The maximum atomic E-state index is 4.34. The van der Waals surface area contributed by atoms with Gasteiger partial charge in [-0.1, -0.05) is 133 Å². The third-order valence-electron chi connectivity index (χ3n) is 5.85. The maximum absolute atomic E-state index is 4.34. The Morgan fingerprint density at radius 1 is 0.786 bits per heavy atom. The number of hydrogen-bond donors (Lipinski definition) is 0. The molecule has 0 unspecified atom stereocenters. The van der Waals surface area contributed by atoms with Crippen LogP contribution in [0.2, 0.25) is 19.1 Å². The molecule has 0 radical (unpaired) electrons. The fourth-order valence-corrected chi connectivity index (χ4v) is 8.23. The molecule has 0 nitrogen and oxygen atoms in total. The van der Waals surface area contributed by atoms with E-state index >= 15 is 0 Å². The molecule has 154 valence electrons. The van der Waals surface area contributed by atoms with Gasteiger partial charge in [0.25, 0.3) is 0 Å². The molecule has 0 aliphatic rings. The van der Waals surface area contributed by atoms with E-state index in [9.17, 15) is 0 Å². The van der Waals surface area contributed by atoms with E-state index in [2.05, 4.69) is 69.1 Å². The molecule has 0 amide bonds. The van der Waals surface area contributed by atoms with Gasteiger partial charge >= 0.3 is 0 Å². The summed E-state index contributed by atoms with van der Waals surface area (Å²) in [5, 5.41) is 0. The first-order valence-corrected chi connectivity index (χ1v) is 15.4. The molecule has 0 saturated carbocycles. The zero-order valence-electron chi connectivity index (χ0n) is 18.4. The van der Waals surface area contributed by atoms with Gasteiger partial charge in [-0.2, -0.15) is 0 Å². The number of thiophene rings is 1. The summed E-state index contributed by atoms with van der Waals surface area (Å²) >= 11 is 1.99. The molecule has 2 aromatic rings. The first-order valence-electron chi connectivity index (χ1n) is 11.4. The molecular formula is C26H40SSi. The van der Waals surface area contributed by atoms with Crippen molar-refractivity contribution in [3.8, 4) is 0 Å². The summed E-state index contributed by atoms with van der Waals surface area (Å²) in [4.78, 5) is 1.34. The van der Waals surface area contributed by atoms with Crippen LogP contribution in [0.5, 0.6) is 0 Å². The van der Waals surface area contributed by atoms with Crippen molar-refractivity contribution in [3.63, 3.8) is 0 Å². The quantitative estimate of drug-likeness (QED) is 0.215. The lowest BCUT2D eigenvalue weighted by atomic mass is 10.1. The van der Waals surface area contributed by atoms with Crippen LogP contribution in [0, 0.1) is 0 Å². The second-order valence-electron chi connectivity index (χ2n) is 8.82. The highest BCUT2D eigenvalue weighted by molar-refractivity contribution is 7.27. The first-order chi connectivity index (χ1) is 13.5. The van der Waals surface area contributed by atoms with E-state index < -0.39 is 8.07 Å². The smallest absolute Gasteiger partial charge is 0.0934 e. The third-order valence-corrected chi connectivity index (χ3v) is 11.9. The Kier molecular flexibility index (Phi) is 10.3. The fraction of sp³-hybridized carbons (Fsp3) is 0.538. The van der Waals surface area contributed by atoms with E-state index in [-0.39, 0.29) is 0 Å². The van der Waals surface area contributed by atoms with Crippen LogP contribution in [-0.4, -0.2) is 8.07 Å². The van der Waals surface area contributed by atoms with Crippen LogP contribution in [0.25, 0.3) is 5.57 Å². The summed E-state index contributed by atoms with van der Waals surface area (Å²) in [7, 11) is -1.32. The average molecular weight is 413 g/mol. The van der Waals surface area contributed by atoms with E-state index in [1.54, 1.807) is 4.50 Å². The Morgan fingerprint density at radius 2 is 1.36 bits per heavy atom. The Morgan fingerprint density at radius 3 is 1.96 bits per heavy atom. The molecule has 0 aliphatic carbocycles. The van der Waals surface area contributed by atoms with Crippen LogP contribution in [0.3, 0.4) is 0 Å². The highest BCUT2D eigenvalue weighted by Crippen LogP contribution is 2.27. The van der Waals surface area contributed by atoms with Crippen LogP contribution in [-0.2, 0) is 0 Å². The molecule has 0 bridgehead atoms. The van der Waals surface area contributed by atoms with Crippen molar-refractivity contribution in [1.29, 1.82) is 0 Å². The van der Waals surface area contributed by atoms with Gasteiger partial charge < -0.3 is 0 Å². The van der Waals surface area contributed by atoms with Crippen LogP contribution >= 0.6 is 11.3 Å². The van der Waals surface area contributed by atoms with Crippen LogP contribution < -0.4 is 4.50 Å². The van der Waals surface area contributed by atoms with E-state index in [0.29, 0.717) is 0 Å². The van der Waals surface area contributed by atoms with Gasteiger partial charge in [0.2, 0.25) is 0 Å². The zero-order chi connectivity index (χ0) is 20.2. The average Bonchev–Trinajstić information content (AvgIpc) is 3.21. The molecule has 0 N–H and O–H groups in total. The van der Waals surface area contributed by atoms with Crippen molar-refractivity contribution in [2.75, 3.05) is 0 Å². The van der Waals surface area contributed by atoms with Crippen molar-refractivity contribution < 1.29 is 0 Å². The lowest BCUT2D eigenvalue weighted by Crippen LogP contribution is -2.38. The molecule has 0 aliphatic heterocycles. The van der Waals surface area contributed by atoms with Crippen LogP contribution in [0.15, 0.2) is 49.0 Å². The lowest BCUT2D eigenvalue weighted by Gasteiger charge is -2.20.